The number of halogens is 6. The van der Waals surface area contributed by atoms with Crippen LogP contribution in [-0.4, -0.2) is 40.4 Å². The minimum absolute atomic E-state index is 0.151. The first-order valence-electron chi connectivity index (χ1n) is 6.56. The highest BCUT2D eigenvalue weighted by Crippen LogP contribution is 2.35. The van der Waals surface area contributed by atoms with Crippen molar-refractivity contribution in [2.75, 3.05) is 13.1 Å². The lowest BCUT2D eigenvalue weighted by molar-refractivity contribution is -0.223. The van der Waals surface area contributed by atoms with Crippen LogP contribution < -0.4 is 0 Å². The molecule has 22 heavy (non-hydrogen) atoms. The molecular weight excluding hydrogens is 334 g/mol. The second-order valence-corrected chi connectivity index (χ2v) is 6.33. The van der Waals surface area contributed by atoms with Gasteiger partial charge in [0.2, 0.25) is 0 Å². The maximum Gasteiger partial charge on any atom is 0.427 e. The average molecular weight is 348 g/mol. The lowest BCUT2D eigenvalue weighted by Crippen LogP contribution is -2.43. The molecule has 1 saturated heterocycles. The fourth-order valence-electron chi connectivity index (χ4n) is 2.40. The number of aromatic nitrogens is 1. The Morgan fingerprint density at radius 3 is 2.27 bits per heavy atom. The van der Waals surface area contributed by atoms with E-state index >= 15 is 0 Å². The molecule has 0 radical (unpaired) electrons. The van der Waals surface area contributed by atoms with E-state index in [1.807, 2.05) is 0 Å². The highest BCUT2D eigenvalue weighted by Gasteiger charge is 2.44. The summed E-state index contributed by atoms with van der Waals surface area (Å²) in [4.78, 5) is 4.66. The Balaban J connectivity index is 1.86. The van der Waals surface area contributed by atoms with E-state index in [4.69, 9.17) is 0 Å². The van der Waals surface area contributed by atoms with E-state index in [9.17, 15) is 31.4 Å². The van der Waals surface area contributed by atoms with Gasteiger partial charge in [-0.15, -0.1) is 11.3 Å². The van der Waals surface area contributed by atoms with Gasteiger partial charge < -0.3 is 5.11 Å². The van der Waals surface area contributed by atoms with Crippen molar-refractivity contribution in [3.8, 4) is 0 Å². The highest BCUT2D eigenvalue weighted by atomic mass is 32.1. The monoisotopic (exact) mass is 348 g/mol. The van der Waals surface area contributed by atoms with E-state index in [-0.39, 0.29) is 24.4 Å². The molecule has 1 aliphatic heterocycles. The molecule has 2 rings (SSSR count). The molecule has 3 nitrogen and oxygen atoms in total. The second kappa shape index (κ2) is 6.32. The van der Waals surface area contributed by atoms with Crippen LogP contribution in [-0.2, 0) is 12.7 Å². The van der Waals surface area contributed by atoms with Crippen molar-refractivity contribution in [3.63, 3.8) is 0 Å². The maximum atomic E-state index is 12.5. The van der Waals surface area contributed by atoms with Crippen LogP contribution in [0.4, 0.5) is 26.3 Å². The highest BCUT2D eigenvalue weighted by molar-refractivity contribution is 7.11. The summed E-state index contributed by atoms with van der Waals surface area (Å²) in [5, 5.41) is 9.48. The number of aliphatic hydroxyl groups excluding tert-OH is 1. The third-order valence-corrected chi connectivity index (χ3v) is 4.63. The van der Waals surface area contributed by atoms with E-state index in [1.54, 1.807) is 4.90 Å². The van der Waals surface area contributed by atoms with Crippen molar-refractivity contribution < 1.29 is 31.4 Å². The summed E-state index contributed by atoms with van der Waals surface area (Å²) in [5.74, 6) is -0.863. The predicted octanol–water partition coefficient (Wildman–Crippen LogP) is 3.30. The number of thiazole rings is 1. The molecule has 1 aromatic heterocycles. The molecule has 1 aliphatic rings. The summed E-state index contributed by atoms with van der Waals surface area (Å²) in [6.45, 7) is 0.757. The molecule has 2 heterocycles. The van der Waals surface area contributed by atoms with Crippen LogP contribution in [0.5, 0.6) is 0 Å². The number of rotatable bonds is 3. The summed E-state index contributed by atoms with van der Waals surface area (Å²) in [6.07, 6.45) is -10.3. The molecule has 126 valence electrons. The Labute approximate surface area is 126 Å². The van der Waals surface area contributed by atoms with Gasteiger partial charge in [-0.1, -0.05) is 0 Å². The number of nitrogens with zero attached hydrogens (tertiary/aromatic N) is 2. The molecule has 10 heteroatoms. The summed E-state index contributed by atoms with van der Waals surface area (Å²) < 4.78 is 74.6. The normalized spacial score (nSPS) is 20.3. The molecule has 1 fully saturated rings. The molecular formula is C12H14F6N2OS. The van der Waals surface area contributed by atoms with Crippen LogP contribution in [0.2, 0.25) is 0 Å². The third-order valence-electron chi connectivity index (χ3n) is 3.61. The first kappa shape index (κ1) is 17.5. The molecule has 0 saturated carbocycles. The topological polar surface area (TPSA) is 36.4 Å². The van der Waals surface area contributed by atoms with E-state index in [1.165, 1.54) is 0 Å². The Morgan fingerprint density at radius 1 is 1.23 bits per heavy atom. The van der Waals surface area contributed by atoms with Gasteiger partial charge in [0.1, 0.15) is 9.88 Å². The van der Waals surface area contributed by atoms with Crippen molar-refractivity contribution >= 4 is 11.3 Å². The number of alkyl halides is 6. The Morgan fingerprint density at radius 2 is 1.82 bits per heavy atom. The Bertz CT molecular complexity index is 493. The van der Waals surface area contributed by atoms with Crippen LogP contribution in [0.15, 0.2) is 6.20 Å². The number of hydrogen-bond donors (Lipinski definition) is 1. The van der Waals surface area contributed by atoms with Gasteiger partial charge in [0, 0.05) is 0 Å². The summed E-state index contributed by atoms with van der Waals surface area (Å²) >= 11 is 0.538. The number of hydrogen-bond acceptors (Lipinski definition) is 4. The average Bonchev–Trinajstić information content (AvgIpc) is 2.86. The molecule has 1 unspecified atom stereocenters. The van der Waals surface area contributed by atoms with Crippen LogP contribution in [0.3, 0.4) is 0 Å². The molecule has 0 spiro atoms. The quantitative estimate of drug-likeness (QED) is 0.852. The van der Waals surface area contributed by atoms with E-state index in [2.05, 4.69) is 4.98 Å². The molecule has 1 aromatic rings. The molecule has 0 aromatic carbocycles. The largest absolute Gasteiger partial charge is 0.427 e. The SMILES string of the molecule is OC(C1CCN(Cc2ncc(C(F)(F)F)s2)CC1)C(F)(F)F. The summed E-state index contributed by atoms with van der Waals surface area (Å²) in [7, 11) is 0. The van der Waals surface area contributed by atoms with E-state index in [0.29, 0.717) is 24.4 Å². The van der Waals surface area contributed by atoms with Crippen LogP contribution in [0.1, 0.15) is 22.7 Å². The molecule has 1 N–H and O–H groups in total. The van der Waals surface area contributed by atoms with Crippen molar-refractivity contribution in [2.24, 2.45) is 5.92 Å². The van der Waals surface area contributed by atoms with E-state index in [0.717, 1.165) is 6.20 Å². The lowest BCUT2D eigenvalue weighted by atomic mass is 9.91. The van der Waals surface area contributed by atoms with Gasteiger partial charge >= 0.3 is 12.4 Å². The van der Waals surface area contributed by atoms with Crippen LogP contribution in [0, 0.1) is 5.92 Å². The van der Waals surface area contributed by atoms with Gasteiger partial charge in [0.05, 0.1) is 12.7 Å². The zero-order chi connectivity index (χ0) is 16.5. The minimum atomic E-state index is -4.64. The van der Waals surface area contributed by atoms with E-state index < -0.39 is 29.3 Å². The molecule has 1 atom stereocenters. The maximum absolute atomic E-state index is 12.5. The standard InChI is InChI=1S/C12H14F6N2OS/c13-11(14,15)8-5-19-9(22-8)6-20-3-1-7(2-4-20)10(21)12(16,17)18/h5,7,10,21H,1-4,6H2. The fourth-order valence-corrected chi connectivity index (χ4v) is 3.23. The first-order valence-corrected chi connectivity index (χ1v) is 7.38. The number of aliphatic hydroxyl groups is 1. The first-order chi connectivity index (χ1) is 10.1. The van der Waals surface area contributed by atoms with Gasteiger partial charge in [-0.3, -0.25) is 4.90 Å². The predicted molar refractivity (Wildman–Crippen MR) is 67.2 cm³/mol. The third kappa shape index (κ3) is 4.32. The Hall–Kier alpha value is -0.870. The summed E-state index contributed by atoms with van der Waals surface area (Å²) in [6, 6.07) is 0. The van der Waals surface area contributed by atoms with Crippen LogP contribution in [0.25, 0.3) is 0 Å². The number of piperidine rings is 1. The fraction of sp³-hybridized carbons (Fsp3) is 0.750. The van der Waals surface area contributed by atoms with Crippen molar-refractivity contribution in [1.82, 2.24) is 9.88 Å². The molecule has 0 aliphatic carbocycles. The summed E-state index contributed by atoms with van der Waals surface area (Å²) in [5.41, 5.74) is 0. The Kier molecular flexibility index (Phi) is 5.03. The van der Waals surface area contributed by atoms with Gasteiger partial charge in [0.25, 0.3) is 0 Å². The molecule has 0 bridgehead atoms. The zero-order valence-corrected chi connectivity index (χ0v) is 12.1. The van der Waals surface area contributed by atoms with Gasteiger partial charge in [-0.05, 0) is 31.8 Å². The van der Waals surface area contributed by atoms with Crippen molar-refractivity contribution in [1.29, 1.82) is 0 Å². The van der Waals surface area contributed by atoms with Gasteiger partial charge in [0.15, 0.2) is 6.10 Å². The van der Waals surface area contributed by atoms with Gasteiger partial charge in [-0.2, -0.15) is 26.3 Å². The van der Waals surface area contributed by atoms with Gasteiger partial charge in [-0.25, -0.2) is 4.98 Å². The zero-order valence-electron chi connectivity index (χ0n) is 11.3. The number of likely N-dealkylation sites (tertiary alicyclic amines) is 1. The minimum Gasteiger partial charge on any atom is -0.383 e. The lowest BCUT2D eigenvalue weighted by Gasteiger charge is -2.34. The van der Waals surface area contributed by atoms with Crippen LogP contribution >= 0.6 is 11.3 Å². The molecule has 0 amide bonds. The second-order valence-electron chi connectivity index (χ2n) is 5.22. The smallest absolute Gasteiger partial charge is 0.383 e. The van der Waals surface area contributed by atoms with Crippen molar-refractivity contribution in [3.05, 3.63) is 16.1 Å². The van der Waals surface area contributed by atoms with Crippen molar-refractivity contribution in [2.45, 2.75) is 37.8 Å².